The molecular formula is C26H28N2O4. The molecule has 6 heteroatoms. The molecule has 0 saturated heterocycles. The van der Waals surface area contributed by atoms with E-state index < -0.39 is 5.97 Å². The van der Waals surface area contributed by atoms with Crippen LogP contribution in [0.2, 0.25) is 0 Å². The van der Waals surface area contributed by atoms with Crippen molar-refractivity contribution in [3.63, 3.8) is 0 Å². The number of nitrogens with zero attached hydrogens (tertiary/aromatic N) is 1. The second kappa shape index (κ2) is 10.7. The molecule has 3 rings (SSSR count). The number of aryl methyl sites for hydroxylation is 2. The normalized spacial score (nSPS) is 10.7. The van der Waals surface area contributed by atoms with Gasteiger partial charge < -0.3 is 10.1 Å². The molecule has 0 radical (unpaired) electrons. The number of pyridine rings is 1. The van der Waals surface area contributed by atoms with Crippen LogP contribution in [-0.2, 0) is 22.4 Å². The van der Waals surface area contributed by atoms with Gasteiger partial charge in [-0.25, -0.2) is 4.79 Å². The fourth-order valence-corrected chi connectivity index (χ4v) is 3.67. The van der Waals surface area contributed by atoms with Gasteiger partial charge in [-0.05, 0) is 43.4 Å². The molecule has 0 saturated carbocycles. The second-order valence-electron chi connectivity index (χ2n) is 7.71. The lowest BCUT2D eigenvalue weighted by atomic mass is 10.0. The zero-order valence-corrected chi connectivity index (χ0v) is 18.7. The maximum Gasteiger partial charge on any atom is 0.339 e. The third kappa shape index (κ3) is 5.58. The number of nitrogens with one attached hydrogen (secondary N) is 1. The van der Waals surface area contributed by atoms with Crippen LogP contribution in [0.25, 0.3) is 10.9 Å². The minimum Gasteiger partial charge on any atom is -0.454 e. The molecule has 0 aliphatic carbocycles. The average molecular weight is 433 g/mol. The molecule has 0 spiro atoms. The molecule has 32 heavy (non-hydrogen) atoms. The van der Waals surface area contributed by atoms with Crippen LogP contribution in [0.3, 0.4) is 0 Å². The highest BCUT2D eigenvalue weighted by atomic mass is 16.5. The average Bonchev–Trinajstić information content (AvgIpc) is 2.80. The number of carbonyl (C=O) groups is 3. The van der Waals surface area contributed by atoms with Crippen molar-refractivity contribution in [2.75, 3.05) is 13.2 Å². The summed E-state index contributed by atoms with van der Waals surface area (Å²) in [7, 11) is 0. The Morgan fingerprint density at radius 3 is 2.44 bits per heavy atom. The van der Waals surface area contributed by atoms with Crippen LogP contribution in [0.1, 0.15) is 57.8 Å². The van der Waals surface area contributed by atoms with Crippen molar-refractivity contribution in [3.8, 4) is 0 Å². The molecule has 166 valence electrons. The molecule has 1 amide bonds. The maximum atomic E-state index is 12.9. The van der Waals surface area contributed by atoms with Gasteiger partial charge in [-0.15, -0.1) is 0 Å². The monoisotopic (exact) mass is 432 g/mol. The standard InChI is InChI=1S/C26H28N2O4/c1-4-22-17(2)25(21-9-5-6-10-23(21)28-22)26(31)32-16-24(30)20-13-11-19(12-14-20)8-7-15-27-18(3)29/h5-6,9-14H,4,7-8,15-16H2,1-3H3,(H,27,29). The van der Waals surface area contributed by atoms with Gasteiger partial charge in [-0.2, -0.15) is 0 Å². The van der Waals surface area contributed by atoms with Crippen LogP contribution in [0.15, 0.2) is 48.5 Å². The number of fused-ring (bicyclic) bond motifs is 1. The molecule has 1 aromatic heterocycles. The predicted octanol–water partition coefficient (Wildman–Crippen LogP) is 4.21. The Labute approximate surface area is 188 Å². The number of carbonyl (C=O) groups excluding carboxylic acids is 3. The van der Waals surface area contributed by atoms with E-state index >= 15 is 0 Å². The van der Waals surface area contributed by atoms with Crippen molar-refractivity contribution in [1.29, 1.82) is 0 Å². The number of rotatable bonds is 9. The van der Waals surface area contributed by atoms with Crippen molar-refractivity contribution >= 4 is 28.6 Å². The van der Waals surface area contributed by atoms with Gasteiger partial charge in [-0.1, -0.05) is 49.4 Å². The van der Waals surface area contributed by atoms with Crippen LogP contribution in [-0.4, -0.2) is 35.8 Å². The third-order valence-corrected chi connectivity index (χ3v) is 5.40. The first-order valence-electron chi connectivity index (χ1n) is 10.8. The molecule has 0 bridgehead atoms. The van der Waals surface area contributed by atoms with Crippen molar-refractivity contribution in [2.24, 2.45) is 0 Å². The summed E-state index contributed by atoms with van der Waals surface area (Å²) in [5, 5.41) is 3.49. The zero-order valence-electron chi connectivity index (χ0n) is 18.7. The van der Waals surface area contributed by atoms with Crippen molar-refractivity contribution in [2.45, 2.75) is 40.0 Å². The molecule has 6 nitrogen and oxygen atoms in total. The number of para-hydroxylation sites is 1. The number of hydrogen-bond donors (Lipinski definition) is 1. The van der Waals surface area contributed by atoms with Crippen LogP contribution in [0.5, 0.6) is 0 Å². The summed E-state index contributed by atoms with van der Waals surface area (Å²) < 4.78 is 5.41. The number of benzene rings is 2. The maximum absolute atomic E-state index is 12.9. The SMILES string of the molecule is CCc1nc2ccccc2c(C(=O)OCC(=O)c2ccc(CCCNC(C)=O)cc2)c1C. The van der Waals surface area contributed by atoms with Crippen molar-refractivity contribution in [1.82, 2.24) is 10.3 Å². The van der Waals surface area contributed by atoms with E-state index in [0.29, 0.717) is 24.1 Å². The number of Topliss-reactive ketones (excluding diaryl/α,β-unsaturated/α-hetero) is 1. The quantitative estimate of drug-likeness (QED) is 0.311. The number of ketones is 1. The molecule has 1 N–H and O–H groups in total. The largest absolute Gasteiger partial charge is 0.454 e. The minimum absolute atomic E-state index is 0.0404. The van der Waals surface area contributed by atoms with Crippen LogP contribution in [0, 0.1) is 6.92 Å². The number of hydrogen-bond acceptors (Lipinski definition) is 5. The Kier molecular flexibility index (Phi) is 7.71. The first-order chi connectivity index (χ1) is 15.4. The fraction of sp³-hybridized carbons (Fsp3) is 0.308. The van der Waals surface area contributed by atoms with Gasteiger partial charge in [0, 0.05) is 30.1 Å². The zero-order chi connectivity index (χ0) is 23.1. The number of esters is 1. The van der Waals surface area contributed by atoms with Crippen LogP contribution >= 0.6 is 0 Å². The molecular weight excluding hydrogens is 404 g/mol. The summed E-state index contributed by atoms with van der Waals surface area (Å²) in [6.45, 7) is 5.65. The van der Waals surface area contributed by atoms with E-state index in [1.165, 1.54) is 6.92 Å². The summed E-state index contributed by atoms with van der Waals surface area (Å²) in [6, 6.07) is 14.7. The van der Waals surface area contributed by atoms with Crippen LogP contribution in [0.4, 0.5) is 0 Å². The van der Waals surface area contributed by atoms with E-state index in [-0.39, 0.29) is 18.3 Å². The highest BCUT2D eigenvalue weighted by Crippen LogP contribution is 2.24. The number of aromatic nitrogens is 1. The molecule has 0 aliphatic heterocycles. The highest BCUT2D eigenvalue weighted by molar-refractivity contribution is 6.06. The topological polar surface area (TPSA) is 85.4 Å². The van der Waals surface area contributed by atoms with Crippen molar-refractivity contribution in [3.05, 3.63) is 76.5 Å². The highest BCUT2D eigenvalue weighted by Gasteiger charge is 2.20. The van der Waals surface area contributed by atoms with E-state index in [2.05, 4.69) is 10.3 Å². The lowest BCUT2D eigenvalue weighted by Gasteiger charge is -2.13. The summed E-state index contributed by atoms with van der Waals surface area (Å²) in [5.41, 5.74) is 4.41. The van der Waals surface area contributed by atoms with Crippen LogP contribution < -0.4 is 5.32 Å². The molecule has 1 heterocycles. The van der Waals surface area contributed by atoms with E-state index in [9.17, 15) is 14.4 Å². The Hall–Kier alpha value is -3.54. The van der Waals surface area contributed by atoms with Gasteiger partial charge in [0.05, 0.1) is 11.1 Å². The van der Waals surface area contributed by atoms with E-state index in [1.807, 2.05) is 50.2 Å². The molecule has 0 atom stereocenters. The Morgan fingerprint density at radius 1 is 1.03 bits per heavy atom. The molecule has 0 unspecified atom stereocenters. The van der Waals surface area contributed by atoms with E-state index in [1.54, 1.807) is 12.1 Å². The summed E-state index contributed by atoms with van der Waals surface area (Å²) in [6.07, 6.45) is 2.33. The van der Waals surface area contributed by atoms with E-state index in [0.717, 1.165) is 40.6 Å². The Bertz CT molecular complexity index is 1140. The van der Waals surface area contributed by atoms with Gasteiger partial charge in [0.1, 0.15) is 0 Å². The number of ether oxygens (including phenoxy) is 1. The lowest BCUT2D eigenvalue weighted by molar-refractivity contribution is -0.118. The summed E-state index contributed by atoms with van der Waals surface area (Å²) >= 11 is 0. The Morgan fingerprint density at radius 2 is 1.75 bits per heavy atom. The van der Waals surface area contributed by atoms with E-state index in [4.69, 9.17) is 4.74 Å². The Balaban J connectivity index is 1.65. The molecule has 3 aromatic rings. The van der Waals surface area contributed by atoms with Gasteiger partial charge in [0.2, 0.25) is 5.91 Å². The molecule has 0 aliphatic rings. The van der Waals surface area contributed by atoms with Crippen molar-refractivity contribution < 1.29 is 19.1 Å². The lowest BCUT2D eigenvalue weighted by Crippen LogP contribution is -2.21. The molecule has 0 fully saturated rings. The number of amides is 1. The van der Waals surface area contributed by atoms with Gasteiger partial charge in [0.25, 0.3) is 0 Å². The van der Waals surface area contributed by atoms with Gasteiger partial charge in [-0.3, -0.25) is 14.6 Å². The smallest absolute Gasteiger partial charge is 0.339 e. The first kappa shape index (κ1) is 23.1. The van der Waals surface area contributed by atoms with Gasteiger partial charge in [0.15, 0.2) is 12.4 Å². The molecule has 2 aromatic carbocycles. The third-order valence-electron chi connectivity index (χ3n) is 5.40. The predicted molar refractivity (Wildman–Crippen MR) is 124 cm³/mol. The second-order valence-corrected chi connectivity index (χ2v) is 7.71. The van der Waals surface area contributed by atoms with Gasteiger partial charge >= 0.3 is 5.97 Å². The minimum atomic E-state index is -0.515. The summed E-state index contributed by atoms with van der Waals surface area (Å²) in [5.74, 6) is -0.810. The summed E-state index contributed by atoms with van der Waals surface area (Å²) in [4.78, 5) is 41.0. The first-order valence-corrected chi connectivity index (χ1v) is 10.8. The fourth-order valence-electron chi connectivity index (χ4n) is 3.67.